The summed E-state index contributed by atoms with van der Waals surface area (Å²) in [5.41, 5.74) is 2.68. The molecule has 15 heavy (non-hydrogen) atoms. The van der Waals surface area contributed by atoms with E-state index in [1.54, 1.807) is 0 Å². The van der Waals surface area contributed by atoms with E-state index in [1.165, 1.54) is 24.0 Å². The van der Waals surface area contributed by atoms with E-state index in [0.29, 0.717) is 6.10 Å². The van der Waals surface area contributed by atoms with E-state index < -0.39 is 0 Å². The molecule has 1 heterocycles. The smallest absolute Gasteiger partial charge is 0.216 e. The van der Waals surface area contributed by atoms with E-state index in [2.05, 4.69) is 38.7 Å². The van der Waals surface area contributed by atoms with E-state index in [9.17, 15) is 0 Å². The first-order valence-electron chi connectivity index (χ1n) is 5.61. The normalized spacial score (nSPS) is 16.5. The zero-order valence-electron chi connectivity index (χ0n) is 10.0. The van der Waals surface area contributed by atoms with Gasteiger partial charge in [0.1, 0.15) is 6.10 Å². The Morgan fingerprint density at radius 3 is 2.53 bits per heavy atom. The van der Waals surface area contributed by atoms with Crippen molar-refractivity contribution in [1.29, 1.82) is 0 Å². The molecule has 82 valence electrons. The molecule has 1 fully saturated rings. The minimum atomic E-state index is 0.161. The van der Waals surface area contributed by atoms with E-state index in [1.807, 2.05) is 6.20 Å². The maximum Gasteiger partial charge on any atom is 0.216 e. The lowest BCUT2D eigenvalue weighted by molar-refractivity contribution is 0.287. The van der Waals surface area contributed by atoms with Gasteiger partial charge >= 0.3 is 0 Å². The summed E-state index contributed by atoms with van der Waals surface area (Å²) >= 11 is 0. The van der Waals surface area contributed by atoms with Crippen LogP contribution in [0.1, 0.15) is 44.7 Å². The van der Waals surface area contributed by atoms with Crippen LogP contribution in [-0.2, 0) is 5.41 Å². The highest BCUT2D eigenvalue weighted by Crippen LogP contribution is 2.32. The molecule has 1 aliphatic carbocycles. The van der Waals surface area contributed by atoms with Gasteiger partial charge in [-0.2, -0.15) is 0 Å². The van der Waals surface area contributed by atoms with Crippen LogP contribution in [0.2, 0.25) is 0 Å². The molecule has 1 saturated carbocycles. The average molecular weight is 205 g/mol. The first kappa shape index (κ1) is 10.5. The topological polar surface area (TPSA) is 22.1 Å². The van der Waals surface area contributed by atoms with Gasteiger partial charge in [0.25, 0.3) is 0 Å². The average Bonchev–Trinajstić information content (AvgIpc) is 2.90. The minimum Gasteiger partial charge on any atom is -0.474 e. The van der Waals surface area contributed by atoms with Crippen molar-refractivity contribution >= 4 is 0 Å². The third kappa shape index (κ3) is 2.31. The fourth-order valence-electron chi connectivity index (χ4n) is 1.79. The standard InChI is InChI=1S/C13H19NO/c1-9-11(13(2,3)4)7-8-14-12(9)15-10-5-6-10/h7-8,10H,5-6H2,1-4H3. The molecule has 0 radical (unpaired) electrons. The van der Waals surface area contributed by atoms with E-state index in [4.69, 9.17) is 4.74 Å². The molecule has 2 rings (SSSR count). The van der Waals surface area contributed by atoms with Crippen molar-refractivity contribution in [1.82, 2.24) is 4.98 Å². The van der Waals surface area contributed by atoms with Gasteiger partial charge in [-0.15, -0.1) is 0 Å². The van der Waals surface area contributed by atoms with Gasteiger partial charge in [0.15, 0.2) is 0 Å². The highest BCUT2D eigenvalue weighted by atomic mass is 16.5. The van der Waals surface area contributed by atoms with Crippen LogP contribution < -0.4 is 4.74 Å². The maximum absolute atomic E-state index is 5.78. The quantitative estimate of drug-likeness (QED) is 0.739. The van der Waals surface area contributed by atoms with E-state index in [-0.39, 0.29) is 5.41 Å². The zero-order valence-corrected chi connectivity index (χ0v) is 10.0. The van der Waals surface area contributed by atoms with Crippen LogP contribution in [0.15, 0.2) is 12.3 Å². The molecular weight excluding hydrogens is 186 g/mol. The molecule has 0 unspecified atom stereocenters. The molecular formula is C13H19NO. The van der Waals surface area contributed by atoms with Crippen LogP contribution in [0.4, 0.5) is 0 Å². The Morgan fingerprint density at radius 1 is 1.33 bits per heavy atom. The van der Waals surface area contributed by atoms with Crippen LogP contribution in [0.25, 0.3) is 0 Å². The minimum absolute atomic E-state index is 0.161. The molecule has 1 aliphatic rings. The highest BCUT2D eigenvalue weighted by Gasteiger charge is 2.26. The molecule has 0 aromatic carbocycles. The SMILES string of the molecule is Cc1c(C(C)(C)C)ccnc1OC1CC1. The van der Waals surface area contributed by atoms with Crippen LogP contribution in [0.5, 0.6) is 5.88 Å². The second-order valence-corrected chi connectivity index (χ2v) is 5.36. The molecule has 0 bridgehead atoms. The van der Waals surface area contributed by atoms with Gasteiger partial charge < -0.3 is 4.74 Å². The Bertz CT molecular complexity index is 361. The highest BCUT2D eigenvalue weighted by molar-refractivity contribution is 5.37. The predicted molar refractivity (Wildman–Crippen MR) is 61.3 cm³/mol. The van der Waals surface area contributed by atoms with Crippen molar-refractivity contribution in [3.8, 4) is 5.88 Å². The van der Waals surface area contributed by atoms with Gasteiger partial charge in [0.05, 0.1) is 0 Å². The van der Waals surface area contributed by atoms with Gasteiger partial charge in [-0.25, -0.2) is 4.98 Å². The maximum atomic E-state index is 5.78. The molecule has 1 aromatic heterocycles. The van der Waals surface area contributed by atoms with Crippen molar-refractivity contribution in [3.05, 3.63) is 23.4 Å². The molecule has 0 spiro atoms. The zero-order chi connectivity index (χ0) is 11.1. The summed E-state index contributed by atoms with van der Waals surface area (Å²) in [6, 6.07) is 2.09. The molecule has 0 aliphatic heterocycles. The Hall–Kier alpha value is -1.05. The van der Waals surface area contributed by atoms with Crippen molar-refractivity contribution in [2.45, 2.75) is 52.1 Å². The largest absolute Gasteiger partial charge is 0.474 e. The number of hydrogen-bond acceptors (Lipinski definition) is 2. The van der Waals surface area contributed by atoms with Crippen molar-refractivity contribution < 1.29 is 4.74 Å². The molecule has 0 amide bonds. The third-order valence-electron chi connectivity index (χ3n) is 2.77. The molecule has 2 nitrogen and oxygen atoms in total. The summed E-state index contributed by atoms with van der Waals surface area (Å²) in [6.07, 6.45) is 4.64. The Morgan fingerprint density at radius 2 is 2.00 bits per heavy atom. The number of aromatic nitrogens is 1. The summed E-state index contributed by atoms with van der Waals surface area (Å²) in [5.74, 6) is 0.824. The molecule has 2 heteroatoms. The molecule has 0 atom stereocenters. The van der Waals surface area contributed by atoms with Crippen molar-refractivity contribution in [2.24, 2.45) is 0 Å². The number of ether oxygens (including phenoxy) is 1. The fraction of sp³-hybridized carbons (Fsp3) is 0.615. The van der Waals surface area contributed by atoms with Crippen LogP contribution in [0.3, 0.4) is 0 Å². The second kappa shape index (κ2) is 3.51. The number of pyridine rings is 1. The van der Waals surface area contributed by atoms with Gasteiger partial charge in [-0.3, -0.25) is 0 Å². The number of rotatable bonds is 2. The Kier molecular flexibility index (Phi) is 2.45. The Labute approximate surface area is 91.7 Å². The first-order valence-corrected chi connectivity index (χ1v) is 5.61. The summed E-state index contributed by atoms with van der Waals surface area (Å²) in [4.78, 5) is 4.31. The summed E-state index contributed by atoms with van der Waals surface area (Å²) < 4.78 is 5.78. The van der Waals surface area contributed by atoms with E-state index in [0.717, 1.165) is 5.88 Å². The predicted octanol–water partition coefficient (Wildman–Crippen LogP) is 3.23. The third-order valence-corrected chi connectivity index (χ3v) is 2.77. The molecule has 0 N–H and O–H groups in total. The molecule has 0 saturated heterocycles. The van der Waals surface area contributed by atoms with Crippen molar-refractivity contribution in [3.63, 3.8) is 0 Å². The van der Waals surface area contributed by atoms with E-state index >= 15 is 0 Å². The Balaban J connectivity index is 2.31. The second-order valence-electron chi connectivity index (χ2n) is 5.36. The lowest BCUT2D eigenvalue weighted by Gasteiger charge is -2.22. The lowest BCUT2D eigenvalue weighted by atomic mass is 9.85. The van der Waals surface area contributed by atoms with Gasteiger partial charge in [0, 0.05) is 11.8 Å². The van der Waals surface area contributed by atoms with Gasteiger partial charge in [-0.1, -0.05) is 20.8 Å². The lowest BCUT2D eigenvalue weighted by Crippen LogP contribution is -2.14. The fourth-order valence-corrected chi connectivity index (χ4v) is 1.79. The van der Waals surface area contributed by atoms with Crippen LogP contribution in [-0.4, -0.2) is 11.1 Å². The van der Waals surface area contributed by atoms with Gasteiger partial charge in [-0.05, 0) is 36.8 Å². The van der Waals surface area contributed by atoms with Crippen LogP contribution >= 0.6 is 0 Å². The number of nitrogens with zero attached hydrogens (tertiary/aromatic N) is 1. The monoisotopic (exact) mass is 205 g/mol. The van der Waals surface area contributed by atoms with Crippen LogP contribution in [0, 0.1) is 6.92 Å². The van der Waals surface area contributed by atoms with Gasteiger partial charge in [0.2, 0.25) is 5.88 Å². The summed E-state index contributed by atoms with van der Waals surface area (Å²) in [6.45, 7) is 8.76. The van der Waals surface area contributed by atoms with Crippen molar-refractivity contribution in [2.75, 3.05) is 0 Å². The first-order chi connectivity index (χ1) is 6.98. The molecule has 1 aromatic rings. The summed E-state index contributed by atoms with van der Waals surface area (Å²) in [7, 11) is 0. The number of hydrogen-bond donors (Lipinski definition) is 0. The summed E-state index contributed by atoms with van der Waals surface area (Å²) in [5, 5.41) is 0.